The number of hydrogen-bond acceptors (Lipinski definition) is 6. The van der Waals surface area contributed by atoms with Gasteiger partial charge in [0.15, 0.2) is 5.78 Å². The molecule has 0 aliphatic rings. The molecule has 0 fully saturated rings. The van der Waals surface area contributed by atoms with Crippen molar-refractivity contribution in [1.82, 2.24) is 9.97 Å². The number of benzene rings is 1. The summed E-state index contributed by atoms with van der Waals surface area (Å²) in [5, 5.41) is 9.72. The second kappa shape index (κ2) is 10.1. The quantitative estimate of drug-likeness (QED) is 0.588. The van der Waals surface area contributed by atoms with E-state index in [2.05, 4.69) is 9.97 Å². The molecule has 0 amide bonds. The Morgan fingerprint density at radius 3 is 2.35 bits per heavy atom. The van der Waals surface area contributed by atoms with E-state index < -0.39 is 21.9 Å². The minimum absolute atomic E-state index is 0.00828. The van der Waals surface area contributed by atoms with Gasteiger partial charge in [-0.1, -0.05) is 20.8 Å². The van der Waals surface area contributed by atoms with Crippen molar-refractivity contribution in [3.05, 3.63) is 47.4 Å². The van der Waals surface area contributed by atoms with Crippen molar-refractivity contribution in [2.24, 2.45) is 0 Å². The number of aliphatic hydroxyl groups excluding tert-OH is 1. The summed E-state index contributed by atoms with van der Waals surface area (Å²) in [6.45, 7) is 5.57. The molecule has 9 heteroatoms. The maximum atomic E-state index is 13.5. The molecule has 0 bridgehead atoms. The third kappa shape index (κ3) is 6.41. The van der Waals surface area contributed by atoms with Crippen LogP contribution in [-0.4, -0.2) is 48.7 Å². The van der Waals surface area contributed by atoms with Crippen molar-refractivity contribution in [2.45, 2.75) is 45.6 Å². The third-order valence-corrected chi connectivity index (χ3v) is 5.91. The highest BCUT2D eigenvalue weighted by Crippen LogP contribution is 2.31. The summed E-state index contributed by atoms with van der Waals surface area (Å²) < 4.78 is 38.6. The van der Waals surface area contributed by atoms with Gasteiger partial charge in [0, 0.05) is 24.6 Å². The fourth-order valence-electron chi connectivity index (χ4n) is 2.82. The fourth-order valence-corrected chi connectivity index (χ4v) is 3.20. The second-order valence-electron chi connectivity index (χ2n) is 7.63. The predicted octanol–water partition coefficient (Wildman–Crippen LogP) is 3.55. The van der Waals surface area contributed by atoms with Gasteiger partial charge in [-0.3, -0.25) is 4.79 Å². The second-order valence-corrected chi connectivity index (χ2v) is 9.64. The van der Waals surface area contributed by atoms with Crippen LogP contribution in [0.4, 0.5) is 10.3 Å². The first kappa shape index (κ1) is 24.6. The van der Waals surface area contributed by atoms with E-state index >= 15 is 0 Å². The SMILES string of the molecule is CC[C@@H](O)CC(=O)/C=C/c1c(-c2ccc(F)cc2)nc(N(C)S(C)(=O)=O)nc1C(C)C. The van der Waals surface area contributed by atoms with Gasteiger partial charge >= 0.3 is 0 Å². The van der Waals surface area contributed by atoms with E-state index in [4.69, 9.17) is 0 Å². The lowest BCUT2D eigenvalue weighted by molar-refractivity contribution is -0.116. The summed E-state index contributed by atoms with van der Waals surface area (Å²) in [5.41, 5.74) is 2.00. The molecule has 0 saturated carbocycles. The number of aromatic nitrogens is 2. The number of nitrogens with zero attached hydrogens (tertiary/aromatic N) is 3. The van der Waals surface area contributed by atoms with Crippen molar-refractivity contribution < 1.29 is 22.7 Å². The van der Waals surface area contributed by atoms with Crippen molar-refractivity contribution in [1.29, 1.82) is 0 Å². The zero-order valence-corrected chi connectivity index (χ0v) is 19.1. The largest absolute Gasteiger partial charge is 0.393 e. The van der Waals surface area contributed by atoms with E-state index in [1.807, 2.05) is 13.8 Å². The van der Waals surface area contributed by atoms with Crippen LogP contribution in [0.25, 0.3) is 17.3 Å². The van der Waals surface area contributed by atoms with Crippen LogP contribution in [0.1, 0.15) is 50.8 Å². The molecule has 0 aliphatic carbocycles. The van der Waals surface area contributed by atoms with E-state index in [9.17, 15) is 22.7 Å². The molecule has 1 N–H and O–H groups in total. The molecule has 7 nitrogen and oxygen atoms in total. The molecule has 1 atom stereocenters. The molecular weight excluding hydrogens is 421 g/mol. The Labute approximate surface area is 182 Å². The Balaban J connectivity index is 2.70. The van der Waals surface area contributed by atoms with Gasteiger partial charge in [0.2, 0.25) is 16.0 Å². The summed E-state index contributed by atoms with van der Waals surface area (Å²) in [6, 6.07) is 5.63. The Bertz CT molecular complexity index is 1070. The number of sulfonamides is 1. The predicted molar refractivity (Wildman–Crippen MR) is 120 cm³/mol. The van der Waals surface area contributed by atoms with Gasteiger partial charge in [0.25, 0.3) is 0 Å². The molecular formula is C22H28FN3O4S. The third-order valence-electron chi connectivity index (χ3n) is 4.75. The van der Waals surface area contributed by atoms with Gasteiger partial charge in [0.1, 0.15) is 5.82 Å². The molecule has 1 heterocycles. The lowest BCUT2D eigenvalue weighted by atomic mass is 9.97. The summed E-state index contributed by atoms with van der Waals surface area (Å²) in [7, 11) is -2.26. The molecule has 0 unspecified atom stereocenters. The number of rotatable bonds is 9. The minimum atomic E-state index is -3.61. The van der Waals surface area contributed by atoms with Crippen LogP contribution in [-0.2, 0) is 14.8 Å². The number of aliphatic hydroxyl groups is 1. The highest BCUT2D eigenvalue weighted by molar-refractivity contribution is 7.92. The van der Waals surface area contributed by atoms with Gasteiger partial charge in [-0.2, -0.15) is 0 Å². The molecule has 31 heavy (non-hydrogen) atoms. The Hall–Kier alpha value is -2.65. The standard InChI is InChI=1S/C22H28FN3O4S/c1-6-17(27)13-18(28)11-12-19-20(14(2)3)24-22(26(4)31(5,29)30)25-21(19)15-7-9-16(23)10-8-15/h7-12,14,17,27H,6,13H2,1-5H3/b12-11+/t17-/m1/s1. The number of hydrogen-bond donors (Lipinski definition) is 1. The normalized spacial score (nSPS) is 13.0. The lowest BCUT2D eigenvalue weighted by Crippen LogP contribution is -2.27. The number of allylic oxidation sites excluding steroid dienone is 1. The number of halogens is 1. The zero-order chi connectivity index (χ0) is 23.3. The first-order valence-corrected chi connectivity index (χ1v) is 11.8. The first-order chi connectivity index (χ1) is 14.4. The molecule has 168 valence electrons. The average molecular weight is 450 g/mol. The average Bonchev–Trinajstić information content (AvgIpc) is 2.70. The molecule has 2 rings (SSSR count). The molecule has 0 saturated heterocycles. The van der Waals surface area contributed by atoms with Crippen LogP contribution in [0.2, 0.25) is 0 Å². The molecule has 0 radical (unpaired) electrons. The molecule has 1 aromatic carbocycles. The van der Waals surface area contributed by atoms with Crippen molar-refractivity contribution >= 4 is 27.8 Å². The molecule has 0 aliphatic heterocycles. The lowest BCUT2D eigenvalue weighted by Gasteiger charge is -2.20. The van der Waals surface area contributed by atoms with Crippen LogP contribution < -0.4 is 4.31 Å². The summed E-state index contributed by atoms with van der Waals surface area (Å²) in [6.07, 6.45) is 3.72. The van der Waals surface area contributed by atoms with Crippen LogP contribution in [0.3, 0.4) is 0 Å². The highest BCUT2D eigenvalue weighted by Gasteiger charge is 2.22. The van der Waals surface area contributed by atoms with Crippen molar-refractivity contribution in [3.63, 3.8) is 0 Å². The summed E-state index contributed by atoms with van der Waals surface area (Å²) in [4.78, 5) is 21.1. The number of anilines is 1. The van der Waals surface area contributed by atoms with Gasteiger partial charge in [0.05, 0.1) is 23.7 Å². The number of ketones is 1. The van der Waals surface area contributed by atoms with E-state index in [0.717, 1.165) is 10.6 Å². The van der Waals surface area contributed by atoms with Gasteiger partial charge in [-0.25, -0.2) is 27.1 Å². The Morgan fingerprint density at radius 1 is 1.23 bits per heavy atom. The number of carbonyl (C=O) groups is 1. The Morgan fingerprint density at radius 2 is 1.84 bits per heavy atom. The van der Waals surface area contributed by atoms with Crippen LogP contribution in [0, 0.1) is 5.82 Å². The molecule has 0 spiro atoms. The topological polar surface area (TPSA) is 100 Å². The van der Waals surface area contributed by atoms with E-state index in [1.165, 1.54) is 37.4 Å². The van der Waals surface area contributed by atoms with Crippen LogP contribution >= 0.6 is 0 Å². The summed E-state index contributed by atoms with van der Waals surface area (Å²) in [5.74, 6) is -0.817. The van der Waals surface area contributed by atoms with Crippen molar-refractivity contribution in [3.8, 4) is 11.3 Å². The zero-order valence-electron chi connectivity index (χ0n) is 18.3. The Kier molecular flexibility index (Phi) is 8.02. The first-order valence-electron chi connectivity index (χ1n) is 9.94. The van der Waals surface area contributed by atoms with Crippen LogP contribution in [0.5, 0.6) is 0 Å². The minimum Gasteiger partial charge on any atom is -0.393 e. The fraction of sp³-hybridized carbons (Fsp3) is 0.409. The smallest absolute Gasteiger partial charge is 0.239 e. The monoisotopic (exact) mass is 449 g/mol. The van der Waals surface area contributed by atoms with Crippen LogP contribution in [0.15, 0.2) is 30.3 Å². The maximum Gasteiger partial charge on any atom is 0.239 e. The summed E-state index contributed by atoms with van der Waals surface area (Å²) >= 11 is 0. The molecule has 2 aromatic rings. The van der Waals surface area contributed by atoms with E-state index in [-0.39, 0.29) is 24.1 Å². The van der Waals surface area contributed by atoms with Crippen molar-refractivity contribution in [2.75, 3.05) is 17.6 Å². The number of carbonyl (C=O) groups excluding carboxylic acids is 1. The van der Waals surface area contributed by atoms with Gasteiger partial charge in [-0.15, -0.1) is 0 Å². The highest BCUT2D eigenvalue weighted by atomic mass is 32.2. The van der Waals surface area contributed by atoms with Gasteiger partial charge in [-0.05, 0) is 48.8 Å². The van der Waals surface area contributed by atoms with E-state index in [1.54, 1.807) is 13.0 Å². The van der Waals surface area contributed by atoms with Gasteiger partial charge < -0.3 is 5.11 Å². The maximum absolute atomic E-state index is 13.5. The van der Waals surface area contributed by atoms with E-state index in [0.29, 0.717) is 28.9 Å². The molecule has 1 aromatic heterocycles.